The fraction of sp³-hybridized carbons (Fsp3) is 0.104. The number of hydrogen-bond donors (Lipinski definition) is 4. The van der Waals surface area contributed by atoms with E-state index in [0.717, 1.165) is 56.6 Å². The highest BCUT2D eigenvalue weighted by Crippen LogP contribution is 2.52. The molecule has 0 radical (unpaired) electrons. The molecule has 0 unspecified atom stereocenters. The van der Waals surface area contributed by atoms with E-state index >= 15 is 0 Å². The van der Waals surface area contributed by atoms with Gasteiger partial charge in [-0.25, -0.2) is 4.98 Å². The van der Waals surface area contributed by atoms with Gasteiger partial charge in [-0.3, -0.25) is 4.57 Å². The Kier molecular flexibility index (Phi) is 6.83. The molecule has 0 atom stereocenters. The van der Waals surface area contributed by atoms with Crippen LogP contribution in [0.2, 0.25) is 0 Å². The van der Waals surface area contributed by atoms with Gasteiger partial charge in [0.15, 0.2) is 23.1 Å². The number of phenols is 4. The van der Waals surface area contributed by atoms with E-state index in [1.54, 1.807) is 4.57 Å². The van der Waals surface area contributed by atoms with Gasteiger partial charge in [-0.2, -0.15) is 9.97 Å². The third-order valence-corrected chi connectivity index (χ3v) is 12.0. The summed E-state index contributed by atoms with van der Waals surface area (Å²) in [5.41, 5.74) is 10.4. The van der Waals surface area contributed by atoms with Crippen molar-refractivity contribution >= 4 is 54.8 Å². The number of nitrogens with zero attached hydrogens (tertiary/aromatic N) is 5. The Bertz CT molecular complexity index is 3260. The highest BCUT2D eigenvalue weighted by molar-refractivity contribution is 6.26. The van der Waals surface area contributed by atoms with Gasteiger partial charge in [0.1, 0.15) is 0 Å². The Balaban J connectivity index is 1.23. The Morgan fingerprint density at radius 2 is 1.26 bits per heavy atom. The predicted octanol–water partition coefficient (Wildman–Crippen LogP) is 10.5. The summed E-state index contributed by atoms with van der Waals surface area (Å²) in [7, 11) is 0. The van der Waals surface area contributed by atoms with Crippen LogP contribution < -0.4 is 0 Å². The maximum Gasteiger partial charge on any atom is 0.238 e. The van der Waals surface area contributed by atoms with Gasteiger partial charge < -0.3 is 25.0 Å². The fourth-order valence-corrected chi connectivity index (χ4v) is 9.31. The number of phenolic OH excluding ortho intramolecular Hbond substituents is 4. The molecule has 0 saturated carbocycles. The van der Waals surface area contributed by atoms with Crippen LogP contribution in [0.15, 0.2) is 133 Å². The Labute approximate surface area is 326 Å². The molecular formula is C48H35N5O4. The van der Waals surface area contributed by atoms with E-state index in [9.17, 15) is 20.4 Å². The second-order valence-electron chi connectivity index (χ2n) is 15.4. The van der Waals surface area contributed by atoms with Crippen LogP contribution in [0.1, 0.15) is 43.6 Å². The molecule has 0 aliphatic heterocycles. The molecule has 0 fully saturated rings. The Morgan fingerprint density at radius 3 is 2.07 bits per heavy atom. The van der Waals surface area contributed by atoms with E-state index in [1.165, 1.54) is 28.3 Å². The van der Waals surface area contributed by atoms with E-state index in [4.69, 9.17) is 15.0 Å². The summed E-state index contributed by atoms with van der Waals surface area (Å²) in [5, 5.41) is 46.4. The minimum Gasteiger partial charge on any atom is -0.504 e. The lowest BCUT2D eigenvalue weighted by Crippen LogP contribution is -2.18. The van der Waals surface area contributed by atoms with Crippen molar-refractivity contribution < 1.29 is 20.4 Å². The molecule has 3 heterocycles. The van der Waals surface area contributed by atoms with Gasteiger partial charge in [0.2, 0.25) is 17.4 Å². The molecule has 0 saturated heterocycles. The first-order valence-corrected chi connectivity index (χ1v) is 19.0. The maximum atomic E-state index is 11.2. The highest BCUT2D eigenvalue weighted by atomic mass is 16.3. The van der Waals surface area contributed by atoms with E-state index in [-0.39, 0.29) is 11.1 Å². The molecule has 2 aliphatic rings. The predicted molar refractivity (Wildman–Crippen MR) is 224 cm³/mol. The summed E-state index contributed by atoms with van der Waals surface area (Å²) in [6.45, 7) is 4.63. The van der Waals surface area contributed by atoms with E-state index < -0.39 is 23.0 Å². The molecule has 0 amide bonds. The number of hydrogen-bond acceptors (Lipinski definition) is 7. The van der Waals surface area contributed by atoms with Crippen LogP contribution in [-0.4, -0.2) is 44.5 Å². The lowest BCUT2D eigenvalue weighted by Gasteiger charge is -2.26. The monoisotopic (exact) mass is 745 g/mol. The van der Waals surface area contributed by atoms with Gasteiger partial charge in [0, 0.05) is 38.6 Å². The first kappa shape index (κ1) is 33.0. The third kappa shape index (κ3) is 4.59. The molecule has 2 aliphatic carbocycles. The molecule has 3 aromatic heterocycles. The van der Waals surface area contributed by atoms with Crippen LogP contribution in [0.3, 0.4) is 0 Å². The standard InChI is InChI=1S/C48H35N5O4/c1-48(2)33-17-9-6-14-28(33)32-24-27(20-22-34(32)48)46-49-45(26-12-4-3-5-13-26)50-47(51-46)53-35-18-10-7-15-29(35)30-21-23-37-40(41(30)53)31-16-8-11-19-36(31)52(37)38-25-39(54)43(56)44(57)42(38)55/h3-19,21,23-25,54-57H,20,22H2,1-2H3. The Hall–Kier alpha value is -7.39. The first-order valence-electron chi connectivity index (χ1n) is 19.0. The maximum absolute atomic E-state index is 11.2. The van der Waals surface area contributed by atoms with Crippen LogP contribution in [0, 0.1) is 0 Å². The molecular weight excluding hydrogens is 711 g/mol. The van der Waals surface area contributed by atoms with Crippen molar-refractivity contribution in [2.75, 3.05) is 0 Å². The summed E-state index contributed by atoms with van der Waals surface area (Å²) in [5.74, 6) is -1.07. The molecule has 6 aromatic carbocycles. The van der Waals surface area contributed by atoms with Crippen molar-refractivity contribution in [3.8, 4) is 46.0 Å². The average molecular weight is 746 g/mol. The zero-order chi connectivity index (χ0) is 38.7. The lowest BCUT2D eigenvalue weighted by molar-refractivity contribution is 0.345. The van der Waals surface area contributed by atoms with Crippen molar-refractivity contribution in [2.45, 2.75) is 32.1 Å². The number of rotatable bonds is 4. The molecule has 9 heteroatoms. The van der Waals surface area contributed by atoms with Gasteiger partial charge in [0.05, 0.1) is 27.8 Å². The van der Waals surface area contributed by atoms with E-state index in [0.29, 0.717) is 28.6 Å². The smallest absolute Gasteiger partial charge is 0.238 e. The molecule has 57 heavy (non-hydrogen) atoms. The fourth-order valence-electron chi connectivity index (χ4n) is 9.31. The van der Waals surface area contributed by atoms with E-state index in [1.807, 2.05) is 78.9 Å². The zero-order valence-electron chi connectivity index (χ0n) is 31.1. The lowest BCUT2D eigenvalue weighted by atomic mass is 9.77. The highest BCUT2D eigenvalue weighted by Gasteiger charge is 2.38. The third-order valence-electron chi connectivity index (χ3n) is 12.0. The first-order chi connectivity index (χ1) is 27.7. The number of aromatic hydroxyl groups is 4. The number of fused-ring (bicyclic) bond motifs is 9. The van der Waals surface area contributed by atoms with Crippen LogP contribution in [0.5, 0.6) is 23.0 Å². The SMILES string of the molecule is CC1(C)C2=C(C=C(c3nc(-c4ccccc4)nc(-n4c5ccccc5c5ccc6c(c7ccccc7n6-c6cc(O)c(O)c(O)c6O)c54)n3)CC2)c2ccccc21. The second-order valence-corrected chi connectivity index (χ2v) is 15.4. The zero-order valence-corrected chi connectivity index (χ0v) is 31.1. The number of benzene rings is 6. The Morgan fingerprint density at radius 1 is 0.579 bits per heavy atom. The van der Waals surface area contributed by atoms with Crippen molar-refractivity contribution in [3.63, 3.8) is 0 Å². The van der Waals surface area contributed by atoms with Crippen molar-refractivity contribution in [2.24, 2.45) is 0 Å². The summed E-state index contributed by atoms with van der Waals surface area (Å²) in [6, 6.07) is 39.9. The van der Waals surface area contributed by atoms with Crippen LogP contribution in [-0.2, 0) is 5.41 Å². The average Bonchev–Trinajstić information content (AvgIpc) is 3.84. The summed E-state index contributed by atoms with van der Waals surface area (Å²) < 4.78 is 3.89. The van der Waals surface area contributed by atoms with Crippen molar-refractivity contribution in [3.05, 3.63) is 150 Å². The molecule has 11 rings (SSSR count). The minimum atomic E-state index is -0.804. The van der Waals surface area contributed by atoms with Crippen LogP contribution in [0.25, 0.3) is 77.8 Å². The summed E-state index contributed by atoms with van der Waals surface area (Å²) in [6.07, 6.45) is 3.97. The normalized spacial score (nSPS) is 14.8. The van der Waals surface area contributed by atoms with E-state index in [2.05, 4.69) is 60.9 Å². The number of para-hydroxylation sites is 2. The molecule has 0 bridgehead atoms. The molecule has 9 nitrogen and oxygen atoms in total. The van der Waals surface area contributed by atoms with Crippen molar-refractivity contribution in [1.82, 2.24) is 24.1 Å². The quantitative estimate of drug-likeness (QED) is 0.104. The number of allylic oxidation sites excluding steroid dienone is 4. The van der Waals surface area contributed by atoms with Crippen LogP contribution >= 0.6 is 0 Å². The second kappa shape index (κ2) is 11.8. The van der Waals surface area contributed by atoms with Crippen LogP contribution in [0.4, 0.5) is 0 Å². The number of aromatic nitrogens is 5. The largest absolute Gasteiger partial charge is 0.504 e. The van der Waals surface area contributed by atoms with Gasteiger partial charge >= 0.3 is 0 Å². The van der Waals surface area contributed by atoms with Gasteiger partial charge in [-0.1, -0.05) is 116 Å². The van der Waals surface area contributed by atoms with Gasteiger partial charge in [-0.05, 0) is 59.4 Å². The summed E-state index contributed by atoms with van der Waals surface area (Å²) in [4.78, 5) is 15.7. The molecule has 0 spiro atoms. The summed E-state index contributed by atoms with van der Waals surface area (Å²) >= 11 is 0. The van der Waals surface area contributed by atoms with Crippen molar-refractivity contribution in [1.29, 1.82) is 0 Å². The van der Waals surface area contributed by atoms with Gasteiger partial charge in [0.25, 0.3) is 0 Å². The molecule has 9 aromatic rings. The minimum absolute atomic E-state index is 0.0602. The topological polar surface area (TPSA) is 129 Å². The molecule has 4 N–H and O–H groups in total. The van der Waals surface area contributed by atoms with Gasteiger partial charge in [-0.15, -0.1) is 0 Å². The molecule has 276 valence electrons.